The zero-order chi connectivity index (χ0) is 20.5. The minimum absolute atomic E-state index is 0.0111. The van der Waals surface area contributed by atoms with Gasteiger partial charge >= 0.3 is 0 Å². The number of carbonyl (C=O) groups is 3. The summed E-state index contributed by atoms with van der Waals surface area (Å²) in [6.07, 6.45) is 0.515. The van der Waals surface area contributed by atoms with Crippen LogP contribution in [0.4, 0.5) is 5.69 Å². The Hall–Kier alpha value is -3.75. The van der Waals surface area contributed by atoms with Crippen molar-refractivity contribution in [2.75, 3.05) is 13.2 Å². The van der Waals surface area contributed by atoms with E-state index in [1.807, 2.05) is 24.3 Å². The second-order valence-electron chi connectivity index (χ2n) is 6.76. The summed E-state index contributed by atoms with van der Waals surface area (Å²) >= 11 is 0. The number of rotatable bonds is 5. The van der Waals surface area contributed by atoms with Crippen molar-refractivity contribution in [3.63, 3.8) is 0 Å². The summed E-state index contributed by atoms with van der Waals surface area (Å²) < 4.78 is 5.57. The Kier molecular flexibility index (Phi) is 4.71. The SMILES string of the molecule is O=C(CCN1C(=O)c2cccc([N+](=O)[O-])c2C1=O)NC1CCOc2ccccc21. The molecule has 0 bridgehead atoms. The van der Waals surface area contributed by atoms with E-state index in [1.54, 1.807) is 0 Å². The maximum absolute atomic E-state index is 12.6. The van der Waals surface area contributed by atoms with Crippen LogP contribution in [0, 0.1) is 10.1 Å². The number of hydrogen-bond donors (Lipinski definition) is 1. The largest absolute Gasteiger partial charge is 0.493 e. The molecule has 1 atom stereocenters. The van der Waals surface area contributed by atoms with Gasteiger partial charge in [-0.05, 0) is 12.1 Å². The van der Waals surface area contributed by atoms with Gasteiger partial charge in [-0.1, -0.05) is 24.3 Å². The lowest BCUT2D eigenvalue weighted by Crippen LogP contribution is -2.37. The molecular weight excluding hydrogens is 378 g/mol. The second kappa shape index (κ2) is 7.34. The molecule has 0 saturated heterocycles. The summed E-state index contributed by atoms with van der Waals surface area (Å²) in [5.74, 6) is -0.978. The lowest BCUT2D eigenvalue weighted by molar-refractivity contribution is -0.385. The molecule has 9 heteroatoms. The summed E-state index contributed by atoms with van der Waals surface area (Å²) in [5.41, 5.74) is 0.235. The summed E-state index contributed by atoms with van der Waals surface area (Å²) in [7, 11) is 0. The minimum Gasteiger partial charge on any atom is -0.493 e. The molecule has 2 aliphatic heterocycles. The van der Waals surface area contributed by atoms with Gasteiger partial charge in [0.05, 0.1) is 23.1 Å². The van der Waals surface area contributed by atoms with Gasteiger partial charge in [0.2, 0.25) is 5.91 Å². The molecule has 2 aromatic carbocycles. The third-order valence-corrected chi connectivity index (χ3v) is 5.03. The number of nitrogens with zero attached hydrogens (tertiary/aromatic N) is 2. The highest BCUT2D eigenvalue weighted by molar-refractivity contribution is 6.23. The molecule has 0 radical (unpaired) electrons. The van der Waals surface area contributed by atoms with Crippen LogP contribution in [0.25, 0.3) is 0 Å². The quantitative estimate of drug-likeness (QED) is 0.471. The summed E-state index contributed by atoms with van der Waals surface area (Å²) in [5, 5.41) is 14.1. The molecule has 0 spiro atoms. The number of amides is 3. The summed E-state index contributed by atoms with van der Waals surface area (Å²) in [4.78, 5) is 48.8. The van der Waals surface area contributed by atoms with Crippen molar-refractivity contribution >= 4 is 23.4 Å². The molecule has 29 heavy (non-hydrogen) atoms. The average molecular weight is 395 g/mol. The first kappa shape index (κ1) is 18.6. The molecular formula is C20H17N3O6. The van der Waals surface area contributed by atoms with Crippen LogP contribution in [0.5, 0.6) is 5.75 Å². The molecule has 2 aliphatic rings. The van der Waals surface area contributed by atoms with Crippen molar-refractivity contribution in [2.45, 2.75) is 18.9 Å². The highest BCUT2D eigenvalue weighted by Crippen LogP contribution is 2.32. The molecule has 0 aliphatic carbocycles. The van der Waals surface area contributed by atoms with Crippen molar-refractivity contribution in [1.29, 1.82) is 0 Å². The number of carbonyl (C=O) groups excluding carboxylic acids is 3. The molecule has 2 heterocycles. The van der Waals surface area contributed by atoms with Crippen LogP contribution in [0.3, 0.4) is 0 Å². The van der Waals surface area contributed by atoms with Gasteiger partial charge in [0.25, 0.3) is 17.5 Å². The van der Waals surface area contributed by atoms with E-state index in [-0.39, 0.29) is 36.0 Å². The van der Waals surface area contributed by atoms with Gasteiger partial charge in [-0.15, -0.1) is 0 Å². The maximum atomic E-state index is 12.6. The Morgan fingerprint density at radius 3 is 2.76 bits per heavy atom. The fourth-order valence-corrected chi connectivity index (χ4v) is 3.64. The lowest BCUT2D eigenvalue weighted by atomic mass is 10.0. The number of para-hydroxylation sites is 1. The minimum atomic E-state index is -0.749. The molecule has 0 fully saturated rings. The van der Waals surface area contributed by atoms with Crippen molar-refractivity contribution < 1.29 is 24.0 Å². The molecule has 2 aromatic rings. The van der Waals surface area contributed by atoms with Gasteiger partial charge in [0, 0.05) is 31.0 Å². The Morgan fingerprint density at radius 2 is 1.97 bits per heavy atom. The number of fused-ring (bicyclic) bond motifs is 2. The number of nitrogens with one attached hydrogen (secondary N) is 1. The van der Waals surface area contributed by atoms with Crippen LogP contribution in [0.15, 0.2) is 42.5 Å². The molecule has 0 aromatic heterocycles. The number of ether oxygens (including phenoxy) is 1. The molecule has 4 rings (SSSR count). The van der Waals surface area contributed by atoms with Crippen LogP contribution < -0.4 is 10.1 Å². The van der Waals surface area contributed by atoms with E-state index >= 15 is 0 Å². The second-order valence-corrected chi connectivity index (χ2v) is 6.76. The molecule has 1 unspecified atom stereocenters. The molecule has 9 nitrogen and oxygen atoms in total. The van der Waals surface area contributed by atoms with Gasteiger partial charge in [0.15, 0.2) is 0 Å². The van der Waals surface area contributed by atoms with E-state index in [0.717, 1.165) is 16.2 Å². The van der Waals surface area contributed by atoms with E-state index < -0.39 is 22.4 Å². The first-order chi connectivity index (χ1) is 14.0. The smallest absolute Gasteiger partial charge is 0.282 e. The first-order valence-corrected chi connectivity index (χ1v) is 9.12. The predicted octanol–water partition coefficient (Wildman–Crippen LogP) is 2.22. The fraction of sp³-hybridized carbons (Fsp3) is 0.250. The highest BCUT2D eigenvalue weighted by Gasteiger charge is 2.40. The van der Waals surface area contributed by atoms with E-state index in [1.165, 1.54) is 18.2 Å². The normalized spacial score (nSPS) is 17.4. The van der Waals surface area contributed by atoms with Crippen molar-refractivity contribution in [3.05, 3.63) is 69.3 Å². The molecule has 0 saturated carbocycles. The predicted molar refractivity (Wildman–Crippen MR) is 101 cm³/mol. The number of nitro benzene ring substituents is 1. The zero-order valence-electron chi connectivity index (χ0n) is 15.3. The van der Waals surface area contributed by atoms with Gasteiger partial charge in [-0.2, -0.15) is 0 Å². The van der Waals surface area contributed by atoms with Crippen molar-refractivity contribution in [3.8, 4) is 5.75 Å². The fourth-order valence-electron chi connectivity index (χ4n) is 3.64. The topological polar surface area (TPSA) is 119 Å². The summed E-state index contributed by atoms with van der Waals surface area (Å²) in [6.45, 7) is 0.324. The van der Waals surface area contributed by atoms with Crippen LogP contribution in [-0.2, 0) is 4.79 Å². The Balaban J connectivity index is 1.43. The Morgan fingerprint density at radius 1 is 1.17 bits per heavy atom. The third kappa shape index (κ3) is 3.31. The Labute approximate surface area is 165 Å². The van der Waals surface area contributed by atoms with E-state index in [4.69, 9.17) is 4.74 Å². The first-order valence-electron chi connectivity index (χ1n) is 9.12. The Bertz CT molecular complexity index is 1030. The van der Waals surface area contributed by atoms with Crippen LogP contribution in [-0.4, -0.2) is 40.7 Å². The number of benzene rings is 2. The summed E-state index contributed by atoms with van der Waals surface area (Å²) in [6, 6.07) is 11.1. The average Bonchev–Trinajstić information content (AvgIpc) is 2.97. The lowest BCUT2D eigenvalue weighted by Gasteiger charge is -2.26. The van der Waals surface area contributed by atoms with E-state index in [0.29, 0.717) is 13.0 Å². The number of nitro groups is 1. The van der Waals surface area contributed by atoms with Crippen molar-refractivity contribution in [2.24, 2.45) is 0 Å². The van der Waals surface area contributed by atoms with Gasteiger partial charge in [-0.25, -0.2) is 0 Å². The third-order valence-electron chi connectivity index (χ3n) is 5.03. The van der Waals surface area contributed by atoms with Crippen LogP contribution >= 0.6 is 0 Å². The van der Waals surface area contributed by atoms with E-state index in [2.05, 4.69) is 5.32 Å². The van der Waals surface area contributed by atoms with Crippen LogP contribution in [0.1, 0.15) is 45.2 Å². The number of hydrogen-bond acceptors (Lipinski definition) is 6. The zero-order valence-corrected chi connectivity index (χ0v) is 15.3. The van der Waals surface area contributed by atoms with Gasteiger partial charge in [-0.3, -0.25) is 29.4 Å². The molecule has 148 valence electrons. The number of imide groups is 1. The van der Waals surface area contributed by atoms with Crippen molar-refractivity contribution in [1.82, 2.24) is 10.2 Å². The van der Waals surface area contributed by atoms with Crippen LogP contribution in [0.2, 0.25) is 0 Å². The maximum Gasteiger partial charge on any atom is 0.282 e. The highest BCUT2D eigenvalue weighted by atomic mass is 16.6. The standard InChI is InChI=1S/C20H17N3O6/c24-17(21-14-9-11-29-16-7-2-1-4-12(14)16)8-10-22-19(25)13-5-3-6-15(23(27)28)18(13)20(22)26/h1-7,14H,8-11H2,(H,21,24). The molecule has 3 amide bonds. The van der Waals surface area contributed by atoms with Gasteiger partial charge < -0.3 is 10.1 Å². The monoisotopic (exact) mass is 395 g/mol. The van der Waals surface area contributed by atoms with Gasteiger partial charge in [0.1, 0.15) is 11.3 Å². The van der Waals surface area contributed by atoms with E-state index in [9.17, 15) is 24.5 Å². The molecule has 1 N–H and O–H groups in total.